The molecule has 0 aliphatic carbocycles. The van der Waals surface area contributed by atoms with Crippen molar-refractivity contribution in [2.24, 2.45) is 0 Å². The van der Waals surface area contributed by atoms with Crippen LogP contribution >= 0.6 is 11.8 Å². The first-order valence-electron chi connectivity index (χ1n) is 3.34. The molecule has 0 radical (unpaired) electrons. The van der Waals surface area contributed by atoms with Gasteiger partial charge >= 0.3 is 0 Å². The van der Waals surface area contributed by atoms with E-state index >= 15 is 0 Å². The molecule has 0 aromatic heterocycles. The predicted molar refractivity (Wildman–Crippen MR) is 32.9 cm³/mol. The van der Waals surface area contributed by atoms with Crippen molar-refractivity contribution in [2.75, 3.05) is 0 Å². The lowest BCUT2D eigenvalue weighted by atomic mass is 10.6. The third-order valence-corrected chi connectivity index (χ3v) is 0.884. The molecule has 0 aliphatic heterocycles. The highest BCUT2D eigenvalue weighted by atomic mass is 32.2. The molecule has 0 fully saturated rings. The van der Waals surface area contributed by atoms with E-state index in [1.54, 1.807) is 0 Å². The normalized spacial score (nSPS) is 15.5. The molecule has 0 spiro atoms. The van der Waals surface area contributed by atoms with Crippen LogP contribution in [0, 0.1) is 0 Å². The van der Waals surface area contributed by atoms with Crippen LogP contribution in [0.5, 0.6) is 0 Å². The maximum Gasteiger partial charge on any atom is 0.0691 e. The molecule has 0 N–H and O–H groups in total. The Morgan fingerprint density at radius 2 is 2.83 bits per heavy atom. The van der Waals surface area contributed by atoms with Crippen LogP contribution in [0.1, 0.15) is 18.0 Å². The molecule has 0 aliphatic rings. The number of hydrogen-bond acceptors (Lipinski definition) is 1. The van der Waals surface area contributed by atoms with Crippen molar-refractivity contribution in [1.29, 1.82) is 0 Å². The van der Waals surface area contributed by atoms with E-state index in [0.717, 1.165) is 0 Å². The molecule has 0 aromatic carbocycles. The van der Waals surface area contributed by atoms with Gasteiger partial charge in [-0.25, -0.2) is 0 Å². The highest BCUT2D eigenvalue weighted by Gasteiger charge is 1.82. The summed E-state index contributed by atoms with van der Waals surface area (Å²) in [5.74, 6) is 0. The van der Waals surface area contributed by atoms with Crippen LogP contribution in [0.25, 0.3) is 0 Å². The molecular weight excluding hydrogens is 92.1 g/mol. The standard InChI is InChI=1S/C5H10S/c1-4-6-5(2)3/h4-5H,1H2,2-3H3/i1D2,4D. The Labute approximate surface area is 47.8 Å². The van der Waals surface area contributed by atoms with E-state index in [4.69, 9.17) is 4.11 Å². The van der Waals surface area contributed by atoms with E-state index in [0.29, 0.717) is 5.25 Å². The topological polar surface area (TPSA) is 0 Å². The molecule has 0 atom stereocenters. The molecular formula is C5H10S. The summed E-state index contributed by atoms with van der Waals surface area (Å²) in [6.07, 6.45) is 0. The summed E-state index contributed by atoms with van der Waals surface area (Å²) >= 11 is 1.23. The lowest BCUT2D eigenvalue weighted by Crippen LogP contribution is -1.78. The molecule has 0 rings (SSSR count). The van der Waals surface area contributed by atoms with Crippen LogP contribution in [0.2, 0.25) is 0 Å². The molecule has 0 heterocycles. The Hall–Kier alpha value is 0.0900. The van der Waals surface area contributed by atoms with Crippen molar-refractivity contribution in [3.8, 4) is 0 Å². The Bertz CT molecular complexity index is 115. The average Bonchev–Trinajstić information content (AvgIpc) is 1.63. The lowest BCUT2D eigenvalue weighted by molar-refractivity contribution is 1.12. The second-order valence-corrected chi connectivity index (χ2v) is 2.65. The van der Waals surface area contributed by atoms with Crippen LogP contribution in [0.15, 0.2) is 11.9 Å². The first kappa shape index (κ1) is 2.41. The maximum absolute atomic E-state index is 7.02. The molecule has 0 aromatic rings. The monoisotopic (exact) mass is 105 g/mol. The van der Waals surface area contributed by atoms with E-state index in [-0.39, 0.29) is 5.38 Å². The SMILES string of the molecule is [2H]C([2H])=C([2H])SC(C)C. The third kappa shape index (κ3) is 4.09. The van der Waals surface area contributed by atoms with Gasteiger partial charge in [-0.05, 0) is 5.38 Å². The Balaban J connectivity index is 3.77. The van der Waals surface area contributed by atoms with Crippen molar-refractivity contribution >= 4 is 11.8 Å². The van der Waals surface area contributed by atoms with Gasteiger partial charge in [0.1, 0.15) is 0 Å². The summed E-state index contributed by atoms with van der Waals surface area (Å²) in [5.41, 5.74) is 0. The largest absolute Gasteiger partial charge is 0.132 e. The Kier molecular flexibility index (Phi) is 1.32. The van der Waals surface area contributed by atoms with Gasteiger partial charge in [-0.2, -0.15) is 0 Å². The minimum atomic E-state index is -0.395. The quantitative estimate of drug-likeness (QED) is 0.519. The molecule has 0 saturated heterocycles. The van der Waals surface area contributed by atoms with Crippen LogP contribution in [-0.2, 0) is 0 Å². The van der Waals surface area contributed by atoms with Gasteiger partial charge in [0, 0.05) is 5.25 Å². The van der Waals surface area contributed by atoms with Crippen LogP contribution in [-0.4, -0.2) is 5.25 Å². The summed E-state index contributed by atoms with van der Waals surface area (Å²) < 4.78 is 20.5. The summed E-state index contributed by atoms with van der Waals surface area (Å²) in [6.45, 7) is 3.47. The number of hydrogen-bond donors (Lipinski definition) is 0. The molecule has 36 valence electrons. The highest BCUT2D eigenvalue weighted by molar-refractivity contribution is 8.02. The van der Waals surface area contributed by atoms with Gasteiger partial charge in [-0.3, -0.25) is 0 Å². The van der Waals surface area contributed by atoms with E-state index < -0.39 is 6.53 Å². The average molecular weight is 105 g/mol. The van der Waals surface area contributed by atoms with Crippen molar-refractivity contribution in [3.63, 3.8) is 0 Å². The summed E-state index contributed by atoms with van der Waals surface area (Å²) in [4.78, 5) is 0. The highest BCUT2D eigenvalue weighted by Crippen LogP contribution is 2.07. The van der Waals surface area contributed by atoms with E-state index in [9.17, 15) is 0 Å². The summed E-state index contributed by atoms with van der Waals surface area (Å²) in [5, 5.41) is 0.341. The van der Waals surface area contributed by atoms with E-state index in [2.05, 4.69) is 0 Å². The number of thioether (sulfide) groups is 1. The zero-order chi connectivity index (χ0) is 7.44. The molecule has 0 saturated carbocycles. The number of rotatable bonds is 2. The first-order valence-corrected chi connectivity index (χ1v) is 2.72. The van der Waals surface area contributed by atoms with Gasteiger partial charge in [0.15, 0.2) is 0 Å². The van der Waals surface area contributed by atoms with Gasteiger partial charge < -0.3 is 0 Å². The van der Waals surface area contributed by atoms with Crippen molar-refractivity contribution < 1.29 is 4.11 Å². The third-order valence-electron chi connectivity index (χ3n) is 0.295. The van der Waals surface area contributed by atoms with Crippen LogP contribution < -0.4 is 0 Å². The smallest absolute Gasteiger partial charge is 0.0691 e. The molecule has 0 bridgehead atoms. The fourth-order valence-corrected chi connectivity index (χ4v) is 0.354. The Morgan fingerprint density at radius 3 is 3.00 bits per heavy atom. The van der Waals surface area contributed by atoms with Gasteiger partial charge in [0.05, 0.1) is 4.11 Å². The van der Waals surface area contributed by atoms with Gasteiger partial charge in [0.2, 0.25) is 0 Å². The van der Waals surface area contributed by atoms with E-state index in [1.165, 1.54) is 11.8 Å². The summed E-state index contributed by atoms with van der Waals surface area (Å²) in [7, 11) is 0. The fourth-order valence-electron chi connectivity index (χ4n) is 0.118. The zero-order valence-corrected chi connectivity index (χ0v) is 4.80. The van der Waals surface area contributed by atoms with Gasteiger partial charge in [-0.1, -0.05) is 20.4 Å². The second kappa shape index (κ2) is 3.29. The molecule has 6 heavy (non-hydrogen) atoms. The van der Waals surface area contributed by atoms with Crippen molar-refractivity contribution in [3.05, 3.63) is 11.9 Å². The van der Waals surface area contributed by atoms with Gasteiger partial charge in [0.25, 0.3) is 0 Å². The molecule has 0 nitrogen and oxygen atoms in total. The van der Waals surface area contributed by atoms with E-state index in [1.807, 2.05) is 13.8 Å². The van der Waals surface area contributed by atoms with Crippen molar-refractivity contribution in [2.45, 2.75) is 19.1 Å². The molecule has 1 heteroatoms. The Morgan fingerprint density at radius 1 is 2.17 bits per heavy atom. The first-order chi connectivity index (χ1) is 4.04. The lowest BCUT2D eigenvalue weighted by Gasteiger charge is -1.92. The van der Waals surface area contributed by atoms with Crippen LogP contribution in [0.4, 0.5) is 0 Å². The summed E-state index contributed by atoms with van der Waals surface area (Å²) in [6, 6.07) is 0. The molecule has 0 unspecified atom stereocenters. The second-order valence-electron chi connectivity index (χ2n) is 1.27. The zero-order valence-electron chi connectivity index (χ0n) is 6.99. The van der Waals surface area contributed by atoms with Crippen LogP contribution in [0.3, 0.4) is 0 Å². The predicted octanol–water partition coefficient (Wildman–Crippen LogP) is 2.27. The fraction of sp³-hybridized carbons (Fsp3) is 0.600. The van der Waals surface area contributed by atoms with Crippen molar-refractivity contribution in [1.82, 2.24) is 0 Å². The van der Waals surface area contributed by atoms with Gasteiger partial charge in [-0.15, -0.1) is 11.8 Å². The maximum atomic E-state index is 7.02. The minimum absolute atomic E-state index is 0.0463. The minimum Gasteiger partial charge on any atom is -0.132 e. The molecule has 0 amide bonds.